The molecule has 5 heteroatoms. The Morgan fingerprint density at radius 2 is 1.64 bits per heavy atom. The van der Waals surface area contributed by atoms with Gasteiger partial charge in [-0.2, -0.15) is 0 Å². The van der Waals surface area contributed by atoms with E-state index in [1.54, 1.807) is 17.0 Å². The van der Waals surface area contributed by atoms with Crippen molar-refractivity contribution in [3.8, 4) is 5.75 Å². The molecule has 0 aromatic heterocycles. The van der Waals surface area contributed by atoms with Gasteiger partial charge in [-0.15, -0.1) is 0 Å². The predicted octanol–water partition coefficient (Wildman–Crippen LogP) is 2.78. The standard InChI is InChI=1S/C20H21NO4/c22-19(14-25-18-9-5-2-6-10-18)21-12-16(11-17(13-21)20(23)24)15-7-3-1-4-8-15/h1-10,16-17H,11-14H2,(H,23,24). The van der Waals surface area contributed by atoms with Crippen molar-refractivity contribution in [2.75, 3.05) is 19.7 Å². The first-order valence-corrected chi connectivity index (χ1v) is 8.37. The van der Waals surface area contributed by atoms with Gasteiger partial charge in [0, 0.05) is 19.0 Å². The molecule has 2 aromatic rings. The lowest BCUT2D eigenvalue weighted by atomic mass is 9.84. The largest absolute Gasteiger partial charge is 0.484 e. The van der Waals surface area contributed by atoms with E-state index in [2.05, 4.69) is 0 Å². The maximum Gasteiger partial charge on any atom is 0.308 e. The van der Waals surface area contributed by atoms with E-state index in [1.807, 2.05) is 48.5 Å². The molecule has 0 spiro atoms. The molecule has 1 N–H and O–H groups in total. The normalized spacial score (nSPS) is 20.1. The molecular formula is C20H21NO4. The van der Waals surface area contributed by atoms with Gasteiger partial charge in [-0.3, -0.25) is 9.59 Å². The monoisotopic (exact) mass is 339 g/mol. The van der Waals surface area contributed by atoms with E-state index in [9.17, 15) is 14.7 Å². The Kier molecular flexibility index (Phi) is 5.33. The van der Waals surface area contributed by atoms with Crippen LogP contribution >= 0.6 is 0 Å². The van der Waals surface area contributed by atoms with Crippen molar-refractivity contribution in [3.63, 3.8) is 0 Å². The summed E-state index contributed by atoms with van der Waals surface area (Å²) in [6.45, 7) is 0.665. The van der Waals surface area contributed by atoms with Crippen molar-refractivity contribution in [1.29, 1.82) is 0 Å². The number of carbonyl (C=O) groups is 2. The fourth-order valence-corrected chi connectivity index (χ4v) is 3.20. The van der Waals surface area contributed by atoms with E-state index < -0.39 is 11.9 Å². The van der Waals surface area contributed by atoms with Crippen LogP contribution < -0.4 is 4.74 Å². The van der Waals surface area contributed by atoms with Crippen LogP contribution in [0.5, 0.6) is 5.75 Å². The van der Waals surface area contributed by atoms with Gasteiger partial charge >= 0.3 is 5.97 Å². The number of piperidine rings is 1. The fourth-order valence-electron chi connectivity index (χ4n) is 3.20. The Labute approximate surface area is 146 Å². The van der Waals surface area contributed by atoms with E-state index >= 15 is 0 Å². The SMILES string of the molecule is O=C(O)C1CC(c2ccccc2)CN(C(=O)COc2ccccc2)C1. The minimum absolute atomic E-state index is 0.0247. The van der Waals surface area contributed by atoms with Crippen molar-refractivity contribution in [3.05, 3.63) is 66.2 Å². The number of benzene rings is 2. The number of likely N-dealkylation sites (tertiary alicyclic amines) is 1. The molecule has 2 atom stereocenters. The van der Waals surface area contributed by atoms with Crippen molar-refractivity contribution in [2.45, 2.75) is 12.3 Å². The summed E-state index contributed by atoms with van der Waals surface area (Å²) in [6, 6.07) is 18.9. The molecule has 0 saturated carbocycles. The Bertz CT molecular complexity index is 717. The number of hydrogen-bond donors (Lipinski definition) is 1. The highest BCUT2D eigenvalue weighted by molar-refractivity contribution is 5.79. The Morgan fingerprint density at radius 1 is 1.00 bits per heavy atom. The number of nitrogens with zero attached hydrogens (tertiary/aromatic N) is 1. The van der Waals surface area contributed by atoms with Crippen LogP contribution in [0.1, 0.15) is 17.9 Å². The number of carboxylic acids is 1. The maximum absolute atomic E-state index is 12.5. The average Bonchev–Trinajstić information content (AvgIpc) is 2.67. The number of carbonyl (C=O) groups excluding carboxylic acids is 1. The zero-order chi connectivity index (χ0) is 17.6. The molecule has 0 aliphatic carbocycles. The van der Waals surface area contributed by atoms with E-state index in [1.165, 1.54) is 0 Å². The topological polar surface area (TPSA) is 66.8 Å². The van der Waals surface area contributed by atoms with Gasteiger partial charge in [0.05, 0.1) is 5.92 Å². The Hall–Kier alpha value is -2.82. The summed E-state index contributed by atoms with van der Waals surface area (Å²) in [5, 5.41) is 9.44. The molecule has 25 heavy (non-hydrogen) atoms. The molecule has 1 heterocycles. The molecule has 1 aliphatic heterocycles. The molecule has 0 bridgehead atoms. The summed E-state index contributed by atoms with van der Waals surface area (Å²) in [7, 11) is 0. The molecular weight excluding hydrogens is 318 g/mol. The third-order valence-electron chi connectivity index (χ3n) is 4.53. The Balaban J connectivity index is 1.68. The summed E-state index contributed by atoms with van der Waals surface area (Å²) in [5.41, 5.74) is 1.07. The van der Waals surface area contributed by atoms with E-state index in [4.69, 9.17) is 4.74 Å². The predicted molar refractivity (Wildman–Crippen MR) is 93.4 cm³/mol. The smallest absolute Gasteiger partial charge is 0.308 e. The van der Waals surface area contributed by atoms with Gasteiger partial charge in [-0.25, -0.2) is 0 Å². The van der Waals surface area contributed by atoms with Crippen LogP contribution in [0.15, 0.2) is 60.7 Å². The quantitative estimate of drug-likeness (QED) is 0.910. The van der Waals surface area contributed by atoms with Gasteiger partial charge in [-0.1, -0.05) is 48.5 Å². The summed E-state index contributed by atoms with van der Waals surface area (Å²) >= 11 is 0. The minimum Gasteiger partial charge on any atom is -0.484 e. The summed E-state index contributed by atoms with van der Waals surface area (Å²) in [5.74, 6) is -0.947. The number of amides is 1. The molecule has 2 aromatic carbocycles. The average molecular weight is 339 g/mol. The van der Waals surface area contributed by atoms with Crippen LogP contribution in [0.25, 0.3) is 0 Å². The second-order valence-corrected chi connectivity index (χ2v) is 6.28. The van der Waals surface area contributed by atoms with Gasteiger partial charge in [0.25, 0.3) is 5.91 Å². The van der Waals surface area contributed by atoms with Crippen LogP contribution in [0.2, 0.25) is 0 Å². The summed E-state index contributed by atoms with van der Waals surface area (Å²) in [4.78, 5) is 25.6. The molecule has 2 unspecified atom stereocenters. The van der Waals surface area contributed by atoms with Crippen molar-refractivity contribution < 1.29 is 19.4 Å². The zero-order valence-electron chi connectivity index (χ0n) is 13.9. The van der Waals surface area contributed by atoms with Crippen molar-refractivity contribution >= 4 is 11.9 Å². The van der Waals surface area contributed by atoms with Crippen LogP contribution in [0.4, 0.5) is 0 Å². The van der Waals surface area contributed by atoms with Crippen LogP contribution in [-0.2, 0) is 9.59 Å². The molecule has 1 fully saturated rings. The highest BCUT2D eigenvalue weighted by Crippen LogP contribution is 2.30. The second kappa shape index (κ2) is 7.83. The molecule has 5 nitrogen and oxygen atoms in total. The number of rotatable bonds is 5. The van der Waals surface area contributed by atoms with E-state index in [0.29, 0.717) is 18.7 Å². The van der Waals surface area contributed by atoms with Crippen LogP contribution in [0, 0.1) is 5.92 Å². The summed E-state index contributed by atoms with van der Waals surface area (Å²) in [6.07, 6.45) is 0.544. The maximum atomic E-state index is 12.5. The third-order valence-corrected chi connectivity index (χ3v) is 4.53. The molecule has 130 valence electrons. The second-order valence-electron chi connectivity index (χ2n) is 6.28. The van der Waals surface area contributed by atoms with Gasteiger partial charge in [0.2, 0.25) is 0 Å². The lowest BCUT2D eigenvalue weighted by Gasteiger charge is -2.36. The first-order chi connectivity index (χ1) is 12.1. The van der Waals surface area contributed by atoms with Gasteiger partial charge in [0.1, 0.15) is 5.75 Å². The fraction of sp³-hybridized carbons (Fsp3) is 0.300. The number of hydrogen-bond acceptors (Lipinski definition) is 3. The number of ether oxygens (including phenoxy) is 1. The van der Waals surface area contributed by atoms with Crippen LogP contribution in [0.3, 0.4) is 0 Å². The number of para-hydroxylation sites is 1. The Morgan fingerprint density at radius 3 is 2.28 bits per heavy atom. The lowest BCUT2D eigenvalue weighted by molar-refractivity contribution is -0.146. The molecule has 1 saturated heterocycles. The molecule has 0 radical (unpaired) electrons. The van der Waals surface area contributed by atoms with E-state index in [-0.39, 0.29) is 25.0 Å². The first-order valence-electron chi connectivity index (χ1n) is 8.37. The molecule has 1 aliphatic rings. The van der Waals surface area contributed by atoms with Crippen molar-refractivity contribution in [2.24, 2.45) is 5.92 Å². The first kappa shape index (κ1) is 17.0. The van der Waals surface area contributed by atoms with Gasteiger partial charge in [0.15, 0.2) is 6.61 Å². The molecule has 1 amide bonds. The van der Waals surface area contributed by atoms with Crippen molar-refractivity contribution in [1.82, 2.24) is 4.90 Å². The lowest BCUT2D eigenvalue weighted by Crippen LogP contribution is -2.47. The van der Waals surface area contributed by atoms with Gasteiger partial charge in [-0.05, 0) is 24.1 Å². The highest BCUT2D eigenvalue weighted by Gasteiger charge is 2.34. The minimum atomic E-state index is -0.859. The number of carboxylic acid groups (broad SMARTS) is 1. The summed E-state index contributed by atoms with van der Waals surface area (Å²) < 4.78 is 5.52. The van der Waals surface area contributed by atoms with E-state index in [0.717, 1.165) is 5.56 Å². The van der Waals surface area contributed by atoms with Crippen LogP contribution in [-0.4, -0.2) is 41.6 Å². The van der Waals surface area contributed by atoms with Gasteiger partial charge < -0.3 is 14.7 Å². The third kappa shape index (κ3) is 4.38. The zero-order valence-corrected chi connectivity index (χ0v) is 13.9. The number of aliphatic carboxylic acids is 1. The molecule has 3 rings (SSSR count). The highest BCUT2D eigenvalue weighted by atomic mass is 16.5.